The predicted octanol–water partition coefficient (Wildman–Crippen LogP) is 3.04. The van der Waals surface area contributed by atoms with E-state index >= 15 is 0 Å². The monoisotopic (exact) mass is 194 g/mol. The van der Waals surface area contributed by atoms with Gasteiger partial charge in [-0.2, -0.15) is 0 Å². The number of hydrogen-bond acceptors (Lipinski definition) is 2. The zero-order chi connectivity index (χ0) is 11.1. The summed E-state index contributed by atoms with van der Waals surface area (Å²) in [6.07, 6.45) is 2.96. The summed E-state index contributed by atoms with van der Waals surface area (Å²) in [7, 11) is 4.05. The smallest absolute Gasteiger partial charge is 0.131 e. The third kappa shape index (κ3) is 3.36. The van der Waals surface area contributed by atoms with E-state index in [1.54, 1.807) is 0 Å². The molecule has 0 radical (unpaired) electrons. The maximum Gasteiger partial charge on any atom is 0.131 e. The summed E-state index contributed by atoms with van der Waals surface area (Å²) in [5, 5.41) is 0. The average Bonchev–Trinajstić information content (AvgIpc) is 2.20. The van der Waals surface area contributed by atoms with E-state index in [0.29, 0.717) is 0 Å². The van der Waals surface area contributed by atoms with Gasteiger partial charge in [-0.25, -0.2) is 4.98 Å². The van der Waals surface area contributed by atoms with Crippen molar-refractivity contribution >= 4 is 5.82 Å². The molecule has 0 saturated heterocycles. The number of aryl methyl sites for hydroxylation is 2. The van der Waals surface area contributed by atoms with Gasteiger partial charge in [0.05, 0.1) is 0 Å². The molecule has 2 heteroatoms. The summed E-state index contributed by atoms with van der Waals surface area (Å²) in [5.41, 5.74) is 2.55. The van der Waals surface area contributed by atoms with Crippen LogP contribution in [0.15, 0.2) is 12.3 Å². The first-order valence-electron chi connectivity index (χ1n) is 5.28. The lowest BCUT2D eigenvalue weighted by molar-refractivity contribution is 1.00. The molecule has 0 saturated carbocycles. The van der Waals surface area contributed by atoms with Crippen molar-refractivity contribution in [3.05, 3.63) is 23.4 Å². The molecule has 2 nitrogen and oxygen atoms in total. The maximum absolute atomic E-state index is 4.37. The van der Waals surface area contributed by atoms with Crippen LogP contribution in [0.25, 0.3) is 0 Å². The second kappa shape index (κ2) is 6.41. The van der Waals surface area contributed by atoms with Gasteiger partial charge >= 0.3 is 0 Å². The summed E-state index contributed by atoms with van der Waals surface area (Å²) >= 11 is 0. The molecule has 0 fully saturated rings. The van der Waals surface area contributed by atoms with Gasteiger partial charge in [0.25, 0.3) is 0 Å². The zero-order valence-electron chi connectivity index (χ0n) is 10.3. The summed E-state index contributed by atoms with van der Waals surface area (Å²) in [6.45, 7) is 8.23. The standard InChI is InChI=1S/C10H16N2.C2H6/c1-5-9-6-8(2)7-11-10(9)12(3)4;1-2/h6-7H,5H2,1-4H3;1-2H3. The number of hydrogen-bond donors (Lipinski definition) is 0. The van der Waals surface area contributed by atoms with E-state index in [1.807, 2.05) is 34.1 Å². The topological polar surface area (TPSA) is 16.1 Å². The van der Waals surface area contributed by atoms with Crippen LogP contribution in [0, 0.1) is 6.92 Å². The van der Waals surface area contributed by atoms with Crippen LogP contribution in [0.3, 0.4) is 0 Å². The van der Waals surface area contributed by atoms with Gasteiger partial charge in [-0.3, -0.25) is 0 Å². The maximum atomic E-state index is 4.37. The van der Waals surface area contributed by atoms with Crippen molar-refractivity contribution in [2.24, 2.45) is 0 Å². The van der Waals surface area contributed by atoms with E-state index in [0.717, 1.165) is 12.2 Å². The van der Waals surface area contributed by atoms with Crippen LogP contribution in [0.1, 0.15) is 31.9 Å². The minimum absolute atomic E-state index is 1.04. The Morgan fingerprint density at radius 2 is 1.86 bits per heavy atom. The van der Waals surface area contributed by atoms with Crippen molar-refractivity contribution in [2.75, 3.05) is 19.0 Å². The molecular weight excluding hydrogens is 172 g/mol. The van der Waals surface area contributed by atoms with Crippen LogP contribution < -0.4 is 4.90 Å². The summed E-state index contributed by atoms with van der Waals surface area (Å²) < 4.78 is 0. The average molecular weight is 194 g/mol. The van der Waals surface area contributed by atoms with E-state index in [9.17, 15) is 0 Å². The van der Waals surface area contributed by atoms with Gasteiger partial charge in [0.2, 0.25) is 0 Å². The quantitative estimate of drug-likeness (QED) is 0.719. The Kier molecular flexibility index (Phi) is 5.93. The molecule has 1 aromatic heterocycles. The normalized spacial score (nSPS) is 9.00. The highest BCUT2D eigenvalue weighted by Gasteiger charge is 2.03. The van der Waals surface area contributed by atoms with E-state index in [4.69, 9.17) is 0 Å². The Hall–Kier alpha value is -1.05. The molecule has 1 heterocycles. The van der Waals surface area contributed by atoms with Crippen molar-refractivity contribution in [3.8, 4) is 0 Å². The predicted molar refractivity (Wildman–Crippen MR) is 64.0 cm³/mol. The van der Waals surface area contributed by atoms with Gasteiger partial charge in [0.15, 0.2) is 0 Å². The Morgan fingerprint density at radius 1 is 1.29 bits per heavy atom. The number of rotatable bonds is 2. The molecule has 1 rings (SSSR count). The minimum Gasteiger partial charge on any atom is -0.363 e. The third-order valence-corrected chi connectivity index (χ3v) is 1.88. The lowest BCUT2D eigenvalue weighted by Crippen LogP contribution is -2.13. The molecular formula is C12H22N2. The Bertz CT molecular complexity index is 267. The van der Waals surface area contributed by atoms with Crippen LogP contribution in [0.4, 0.5) is 5.82 Å². The van der Waals surface area contributed by atoms with Crippen LogP contribution in [0.5, 0.6) is 0 Å². The van der Waals surface area contributed by atoms with E-state index in [-0.39, 0.29) is 0 Å². The van der Waals surface area contributed by atoms with Crippen molar-refractivity contribution in [2.45, 2.75) is 34.1 Å². The zero-order valence-corrected chi connectivity index (χ0v) is 10.3. The summed E-state index contributed by atoms with van der Waals surface area (Å²) in [5.74, 6) is 1.09. The number of aromatic nitrogens is 1. The first-order chi connectivity index (χ1) is 6.65. The fourth-order valence-corrected chi connectivity index (χ4v) is 1.29. The molecule has 80 valence electrons. The molecule has 0 aliphatic rings. The Morgan fingerprint density at radius 3 is 2.29 bits per heavy atom. The largest absolute Gasteiger partial charge is 0.363 e. The molecule has 14 heavy (non-hydrogen) atoms. The summed E-state index contributed by atoms with van der Waals surface area (Å²) in [4.78, 5) is 6.43. The van der Waals surface area contributed by atoms with Crippen molar-refractivity contribution in [1.82, 2.24) is 4.98 Å². The second-order valence-electron chi connectivity index (χ2n) is 3.24. The van der Waals surface area contributed by atoms with Gasteiger partial charge in [0, 0.05) is 20.3 Å². The Balaban J connectivity index is 0.000000791. The molecule has 0 aliphatic heterocycles. The SMILES string of the molecule is CC.CCc1cc(C)cnc1N(C)C. The van der Waals surface area contributed by atoms with Gasteiger partial charge in [-0.15, -0.1) is 0 Å². The number of pyridine rings is 1. The molecule has 0 aliphatic carbocycles. The van der Waals surface area contributed by atoms with E-state index in [2.05, 4.69) is 29.8 Å². The van der Waals surface area contributed by atoms with Crippen LogP contribution in [-0.2, 0) is 6.42 Å². The van der Waals surface area contributed by atoms with Gasteiger partial charge in [-0.1, -0.05) is 26.8 Å². The first-order valence-corrected chi connectivity index (χ1v) is 5.28. The van der Waals surface area contributed by atoms with Crippen molar-refractivity contribution in [3.63, 3.8) is 0 Å². The molecule has 1 aromatic rings. The van der Waals surface area contributed by atoms with Crippen LogP contribution >= 0.6 is 0 Å². The third-order valence-electron chi connectivity index (χ3n) is 1.88. The van der Waals surface area contributed by atoms with Crippen LogP contribution in [-0.4, -0.2) is 19.1 Å². The lowest BCUT2D eigenvalue weighted by atomic mass is 10.1. The second-order valence-corrected chi connectivity index (χ2v) is 3.24. The highest BCUT2D eigenvalue weighted by atomic mass is 15.1. The molecule has 0 N–H and O–H groups in total. The molecule has 0 unspecified atom stereocenters. The van der Waals surface area contributed by atoms with Crippen molar-refractivity contribution in [1.29, 1.82) is 0 Å². The highest BCUT2D eigenvalue weighted by Crippen LogP contribution is 2.16. The lowest BCUT2D eigenvalue weighted by Gasteiger charge is -2.15. The van der Waals surface area contributed by atoms with Gasteiger partial charge in [0.1, 0.15) is 5.82 Å². The molecule has 0 bridgehead atoms. The summed E-state index contributed by atoms with van der Waals surface area (Å²) in [6, 6.07) is 2.20. The van der Waals surface area contributed by atoms with Gasteiger partial charge in [-0.05, 0) is 24.5 Å². The minimum atomic E-state index is 1.04. The Labute approximate surface area is 88.0 Å². The molecule has 0 aromatic carbocycles. The van der Waals surface area contributed by atoms with Crippen LogP contribution in [0.2, 0.25) is 0 Å². The first kappa shape index (κ1) is 12.9. The molecule has 0 amide bonds. The number of anilines is 1. The fourth-order valence-electron chi connectivity index (χ4n) is 1.29. The van der Waals surface area contributed by atoms with Gasteiger partial charge < -0.3 is 4.90 Å². The molecule has 0 spiro atoms. The van der Waals surface area contributed by atoms with E-state index in [1.165, 1.54) is 11.1 Å². The highest BCUT2D eigenvalue weighted by molar-refractivity contribution is 5.46. The van der Waals surface area contributed by atoms with E-state index < -0.39 is 0 Å². The number of nitrogens with zero attached hydrogens (tertiary/aromatic N) is 2. The fraction of sp³-hybridized carbons (Fsp3) is 0.583. The van der Waals surface area contributed by atoms with Crippen molar-refractivity contribution < 1.29 is 0 Å². The molecule has 0 atom stereocenters.